The van der Waals surface area contributed by atoms with Gasteiger partial charge in [0, 0.05) is 18.5 Å². The SMILES string of the molecule is C[C@H]1CCC[N+]1(C)CC(=O)Nc1ccccc1. The third-order valence-electron chi connectivity index (χ3n) is 3.92. The average Bonchev–Trinajstić information content (AvgIpc) is 2.60. The number of hydrogen-bond acceptors (Lipinski definition) is 1. The second kappa shape index (κ2) is 4.88. The number of carbonyl (C=O) groups is 1. The van der Waals surface area contributed by atoms with Crippen LogP contribution in [0.2, 0.25) is 0 Å². The van der Waals surface area contributed by atoms with Crippen LogP contribution in [0.15, 0.2) is 30.3 Å². The fraction of sp³-hybridized carbons (Fsp3) is 0.500. The highest BCUT2D eigenvalue weighted by molar-refractivity contribution is 5.91. The molecule has 0 spiro atoms. The smallest absolute Gasteiger partial charge is 0.279 e. The maximum absolute atomic E-state index is 12.0. The molecule has 2 atom stereocenters. The highest BCUT2D eigenvalue weighted by Gasteiger charge is 2.36. The zero-order valence-corrected chi connectivity index (χ0v) is 10.6. The van der Waals surface area contributed by atoms with Crippen molar-refractivity contribution in [2.45, 2.75) is 25.8 Å². The summed E-state index contributed by atoms with van der Waals surface area (Å²) in [7, 11) is 2.18. The molecule has 0 saturated carbocycles. The van der Waals surface area contributed by atoms with E-state index in [-0.39, 0.29) is 5.91 Å². The van der Waals surface area contributed by atoms with Crippen molar-refractivity contribution in [2.24, 2.45) is 0 Å². The monoisotopic (exact) mass is 233 g/mol. The first-order chi connectivity index (χ1) is 8.10. The molecule has 0 bridgehead atoms. The third-order valence-corrected chi connectivity index (χ3v) is 3.92. The maximum Gasteiger partial charge on any atom is 0.279 e. The summed E-state index contributed by atoms with van der Waals surface area (Å²) in [6, 6.07) is 10.3. The quantitative estimate of drug-likeness (QED) is 0.797. The second-order valence-electron chi connectivity index (χ2n) is 5.27. The maximum atomic E-state index is 12.0. The van der Waals surface area contributed by atoms with Gasteiger partial charge in [-0.05, 0) is 19.1 Å². The van der Waals surface area contributed by atoms with Crippen LogP contribution in [0.25, 0.3) is 0 Å². The Bertz CT molecular complexity index is 390. The Morgan fingerprint density at radius 2 is 2.12 bits per heavy atom. The Kier molecular flexibility index (Phi) is 3.48. The molecule has 1 unspecified atom stereocenters. The van der Waals surface area contributed by atoms with Gasteiger partial charge in [-0.15, -0.1) is 0 Å². The summed E-state index contributed by atoms with van der Waals surface area (Å²) in [5, 5.41) is 2.96. The molecule has 1 amide bonds. The molecular weight excluding hydrogens is 212 g/mol. The van der Waals surface area contributed by atoms with Gasteiger partial charge in [0.2, 0.25) is 0 Å². The molecule has 1 N–H and O–H groups in total. The summed E-state index contributed by atoms with van der Waals surface area (Å²) < 4.78 is 0.874. The number of hydrogen-bond donors (Lipinski definition) is 1. The lowest BCUT2D eigenvalue weighted by atomic mass is 10.2. The van der Waals surface area contributed by atoms with E-state index in [1.165, 1.54) is 12.8 Å². The van der Waals surface area contributed by atoms with Crippen molar-refractivity contribution in [1.29, 1.82) is 0 Å². The Morgan fingerprint density at radius 1 is 1.41 bits per heavy atom. The van der Waals surface area contributed by atoms with E-state index in [9.17, 15) is 4.79 Å². The van der Waals surface area contributed by atoms with Crippen LogP contribution >= 0.6 is 0 Å². The van der Waals surface area contributed by atoms with E-state index in [1.807, 2.05) is 30.3 Å². The zero-order chi connectivity index (χ0) is 12.3. The minimum absolute atomic E-state index is 0.118. The van der Waals surface area contributed by atoms with E-state index in [0.29, 0.717) is 12.6 Å². The predicted octanol–water partition coefficient (Wildman–Crippen LogP) is 2.25. The van der Waals surface area contributed by atoms with E-state index in [2.05, 4.69) is 19.3 Å². The van der Waals surface area contributed by atoms with Crippen molar-refractivity contribution >= 4 is 11.6 Å². The number of likely N-dealkylation sites (tertiary alicyclic amines) is 1. The van der Waals surface area contributed by atoms with Crippen LogP contribution in [-0.2, 0) is 4.79 Å². The van der Waals surface area contributed by atoms with Crippen molar-refractivity contribution < 1.29 is 9.28 Å². The zero-order valence-electron chi connectivity index (χ0n) is 10.6. The average molecular weight is 233 g/mol. The van der Waals surface area contributed by atoms with Crippen LogP contribution in [0.4, 0.5) is 5.69 Å². The molecule has 1 aliphatic heterocycles. The lowest BCUT2D eigenvalue weighted by Gasteiger charge is -2.33. The molecule has 1 aromatic carbocycles. The Balaban J connectivity index is 1.94. The van der Waals surface area contributed by atoms with Gasteiger partial charge in [0.25, 0.3) is 5.91 Å². The number of amides is 1. The molecule has 3 heteroatoms. The van der Waals surface area contributed by atoms with Crippen molar-refractivity contribution in [3.8, 4) is 0 Å². The van der Waals surface area contributed by atoms with Gasteiger partial charge in [-0.3, -0.25) is 4.79 Å². The number of quaternary nitrogens is 1. The van der Waals surface area contributed by atoms with E-state index in [0.717, 1.165) is 16.7 Å². The van der Waals surface area contributed by atoms with Crippen LogP contribution in [0.1, 0.15) is 19.8 Å². The number of carbonyl (C=O) groups excluding carboxylic acids is 1. The molecule has 92 valence electrons. The van der Waals surface area contributed by atoms with Crippen molar-refractivity contribution in [1.82, 2.24) is 0 Å². The van der Waals surface area contributed by atoms with E-state index in [1.54, 1.807) is 0 Å². The molecule has 1 aliphatic rings. The molecule has 1 heterocycles. The molecule has 1 aromatic rings. The molecule has 1 saturated heterocycles. The summed E-state index contributed by atoms with van der Waals surface area (Å²) >= 11 is 0. The fourth-order valence-electron chi connectivity index (χ4n) is 2.56. The van der Waals surface area contributed by atoms with Gasteiger partial charge >= 0.3 is 0 Å². The number of likely N-dealkylation sites (N-methyl/N-ethyl adjacent to an activating group) is 1. The largest absolute Gasteiger partial charge is 0.321 e. The van der Waals surface area contributed by atoms with Crippen molar-refractivity contribution in [3.63, 3.8) is 0 Å². The number of anilines is 1. The summed E-state index contributed by atoms with van der Waals surface area (Å²) in [6.07, 6.45) is 2.46. The molecule has 17 heavy (non-hydrogen) atoms. The van der Waals surface area contributed by atoms with Crippen LogP contribution in [0.5, 0.6) is 0 Å². The van der Waals surface area contributed by atoms with Crippen LogP contribution in [0, 0.1) is 0 Å². The van der Waals surface area contributed by atoms with Crippen LogP contribution in [0.3, 0.4) is 0 Å². The predicted molar refractivity (Wildman–Crippen MR) is 69.7 cm³/mol. The van der Waals surface area contributed by atoms with E-state index < -0.39 is 0 Å². The number of rotatable bonds is 3. The Morgan fingerprint density at radius 3 is 2.71 bits per heavy atom. The Labute approximate surface area is 103 Å². The molecule has 0 radical (unpaired) electrons. The summed E-state index contributed by atoms with van der Waals surface area (Å²) in [4.78, 5) is 12.0. The highest BCUT2D eigenvalue weighted by atomic mass is 16.2. The van der Waals surface area contributed by atoms with Crippen molar-refractivity contribution in [3.05, 3.63) is 30.3 Å². The van der Waals surface area contributed by atoms with Gasteiger partial charge in [0.15, 0.2) is 6.54 Å². The number of para-hydroxylation sites is 1. The first kappa shape index (κ1) is 12.1. The molecule has 1 fully saturated rings. The standard InChI is InChI=1S/C14H20N2O/c1-12-7-6-10-16(12,2)11-14(17)15-13-8-4-3-5-9-13/h3-5,8-9,12H,6-7,10-11H2,1-2H3/p+1/t12-,16?/m0/s1. The molecule has 0 aliphatic carbocycles. The van der Waals surface area contributed by atoms with E-state index in [4.69, 9.17) is 0 Å². The van der Waals surface area contributed by atoms with Gasteiger partial charge in [-0.2, -0.15) is 0 Å². The first-order valence-corrected chi connectivity index (χ1v) is 6.29. The van der Waals surface area contributed by atoms with Crippen LogP contribution in [-0.4, -0.2) is 36.6 Å². The summed E-state index contributed by atoms with van der Waals surface area (Å²) in [5.74, 6) is 0.118. The van der Waals surface area contributed by atoms with Gasteiger partial charge in [-0.1, -0.05) is 18.2 Å². The highest BCUT2D eigenvalue weighted by Crippen LogP contribution is 2.24. The third kappa shape index (κ3) is 2.86. The summed E-state index contributed by atoms with van der Waals surface area (Å²) in [6.45, 7) is 3.93. The fourth-order valence-corrected chi connectivity index (χ4v) is 2.56. The molecular formula is C14H21N2O+. The molecule has 0 aromatic heterocycles. The number of nitrogens with one attached hydrogen (secondary N) is 1. The van der Waals surface area contributed by atoms with Gasteiger partial charge in [-0.25, -0.2) is 0 Å². The molecule has 3 nitrogen and oxygen atoms in total. The lowest BCUT2D eigenvalue weighted by molar-refractivity contribution is -0.911. The van der Waals surface area contributed by atoms with Gasteiger partial charge in [0.1, 0.15) is 0 Å². The van der Waals surface area contributed by atoms with Crippen LogP contribution < -0.4 is 5.32 Å². The van der Waals surface area contributed by atoms with Gasteiger partial charge in [0.05, 0.1) is 19.6 Å². The second-order valence-corrected chi connectivity index (χ2v) is 5.27. The topological polar surface area (TPSA) is 29.1 Å². The number of benzene rings is 1. The minimum atomic E-state index is 0.118. The van der Waals surface area contributed by atoms with Crippen molar-refractivity contribution in [2.75, 3.05) is 25.5 Å². The number of nitrogens with zero attached hydrogens (tertiary/aromatic N) is 1. The normalized spacial score (nSPS) is 28.0. The Hall–Kier alpha value is -1.35. The molecule has 2 rings (SSSR count). The minimum Gasteiger partial charge on any atom is -0.321 e. The lowest BCUT2D eigenvalue weighted by Crippen LogP contribution is -2.51. The van der Waals surface area contributed by atoms with Gasteiger partial charge < -0.3 is 9.80 Å². The van der Waals surface area contributed by atoms with E-state index >= 15 is 0 Å². The first-order valence-electron chi connectivity index (χ1n) is 6.29. The summed E-state index contributed by atoms with van der Waals surface area (Å²) in [5.41, 5.74) is 0.885.